The van der Waals surface area contributed by atoms with Crippen LogP contribution < -0.4 is 9.64 Å². The number of amides is 1. The molecule has 1 aromatic heterocycles. The number of fused-ring (bicyclic) bond motifs is 1. The van der Waals surface area contributed by atoms with Crippen molar-refractivity contribution in [3.05, 3.63) is 35.8 Å². The van der Waals surface area contributed by atoms with E-state index >= 15 is 0 Å². The first-order valence-electron chi connectivity index (χ1n) is 7.63. The second kappa shape index (κ2) is 6.41. The zero-order valence-corrected chi connectivity index (χ0v) is 14.2. The maximum atomic E-state index is 12.7. The van der Waals surface area contributed by atoms with Crippen molar-refractivity contribution in [3.8, 4) is 5.75 Å². The molecule has 0 N–H and O–H groups in total. The van der Waals surface area contributed by atoms with Crippen molar-refractivity contribution in [2.24, 2.45) is 0 Å². The third-order valence-electron chi connectivity index (χ3n) is 4.07. The van der Waals surface area contributed by atoms with Crippen LogP contribution in [0.5, 0.6) is 5.75 Å². The molecule has 1 aromatic carbocycles. The summed E-state index contributed by atoms with van der Waals surface area (Å²) in [5.41, 5.74) is 0. The molecule has 120 valence electrons. The van der Waals surface area contributed by atoms with Crippen molar-refractivity contribution >= 4 is 34.1 Å². The van der Waals surface area contributed by atoms with Crippen molar-refractivity contribution in [1.29, 1.82) is 0 Å². The number of carbonyl (C=O) groups is 1. The first-order chi connectivity index (χ1) is 11.3. The fourth-order valence-electron chi connectivity index (χ4n) is 2.84. The predicted molar refractivity (Wildman–Crippen MR) is 92.5 cm³/mol. The van der Waals surface area contributed by atoms with E-state index in [1.807, 2.05) is 40.7 Å². The van der Waals surface area contributed by atoms with Gasteiger partial charge in [-0.15, -0.1) is 23.1 Å². The van der Waals surface area contributed by atoms with Crippen LogP contribution in [0.2, 0.25) is 0 Å². The number of aromatic nitrogens is 1. The molecule has 1 atom stereocenters. The number of nitrogens with zero attached hydrogens (tertiary/aromatic N) is 3. The smallest absolute Gasteiger partial charge is 0.264 e. The zero-order chi connectivity index (χ0) is 15.6. The molecule has 0 unspecified atom stereocenters. The van der Waals surface area contributed by atoms with Crippen molar-refractivity contribution in [2.45, 2.75) is 11.0 Å². The van der Waals surface area contributed by atoms with E-state index < -0.39 is 0 Å². The van der Waals surface area contributed by atoms with Crippen LogP contribution in [0, 0.1) is 0 Å². The summed E-state index contributed by atoms with van der Waals surface area (Å²) in [5, 5.41) is 3.02. The Bertz CT molecular complexity index is 684. The lowest BCUT2D eigenvalue weighted by Crippen LogP contribution is -2.53. The summed E-state index contributed by atoms with van der Waals surface area (Å²) in [6, 6.07) is 7.91. The molecule has 2 aromatic rings. The highest BCUT2D eigenvalue weighted by atomic mass is 32.2. The molecule has 0 saturated carbocycles. The summed E-state index contributed by atoms with van der Waals surface area (Å²) in [6.07, 6.45) is 1.45. The molecule has 5 nitrogen and oxygen atoms in total. The second-order valence-electron chi connectivity index (χ2n) is 5.49. The largest absolute Gasteiger partial charge is 0.479 e. The third kappa shape index (κ3) is 3.03. The summed E-state index contributed by atoms with van der Waals surface area (Å²) in [5.74, 6) is 1.61. The van der Waals surface area contributed by atoms with Gasteiger partial charge in [-0.3, -0.25) is 4.79 Å². The Balaban J connectivity index is 1.37. The van der Waals surface area contributed by atoms with Gasteiger partial charge < -0.3 is 14.5 Å². The van der Waals surface area contributed by atoms with E-state index in [1.165, 1.54) is 0 Å². The fourth-order valence-corrected chi connectivity index (χ4v) is 4.51. The molecule has 7 heteroatoms. The quantitative estimate of drug-likeness (QED) is 0.834. The number of benzene rings is 1. The average molecular weight is 347 g/mol. The molecule has 3 heterocycles. The van der Waals surface area contributed by atoms with Crippen LogP contribution in [0.25, 0.3) is 0 Å². The van der Waals surface area contributed by atoms with E-state index in [0.717, 1.165) is 42.0 Å². The molecular weight excluding hydrogens is 330 g/mol. The van der Waals surface area contributed by atoms with Gasteiger partial charge >= 0.3 is 0 Å². The van der Waals surface area contributed by atoms with Crippen LogP contribution in [0.15, 0.2) is 40.7 Å². The van der Waals surface area contributed by atoms with Crippen LogP contribution in [0.1, 0.15) is 0 Å². The Labute approximate surface area is 143 Å². The van der Waals surface area contributed by atoms with E-state index in [0.29, 0.717) is 5.75 Å². The average Bonchev–Trinajstić information content (AvgIpc) is 3.15. The molecule has 1 amide bonds. The molecule has 0 radical (unpaired) electrons. The Morgan fingerprint density at radius 2 is 2.04 bits per heavy atom. The first-order valence-corrected chi connectivity index (χ1v) is 9.49. The predicted octanol–water partition coefficient (Wildman–Crippen LogP) is 2.35. The molecular formula is C16H17N3O2S2. The Hall–Kier alpha value is -1.73. The lowest BCUT2D eigenvalue weighted by Gasteiger charge is -2.37. The highest BCUT2D eigenvalue weighted by molar-refractivity contribution is 7.99. The van der Waals surface area contributed by atoms with Crippen molar-refractivity contribution in [3.63, 3.8) is 0 Å². The zero-order valence-electron chi connectivity index (χ0n) is 12.6. The number of para-hydroxylation sites is 1. The molecule has 2 aliphatic rings. The van der Waals surface area contributed by atoms with Crippen LogP contribution >= 0.6 is 23.1 Å². The van der Waals surface area contributed by atoms with E-state index in [-0.39, 0.29) is 12.0 Å². The summed E-state index contributed by atoms with van der Waals surface area (Å²) in [4.78, 5) is 22.3. The van der Waals surface area contributed by atoms with Crippen LogP contribution in [-0.2, 0) is 4.79 Å². The fraction of sp³-hybridized carbons (Fsp3) is 0.375. The van der Waals surface area contributed by atoms with Crippen LogP contribution in [0.4, 0.5) is 5.13 Å². The maximum Gasteiger partial charge on any atom is 0.264 e. The summed E-state index contributed by atoms with van der Waals surface area (Å²) >= 11 is 3.34. The van der Waals surface area contributed by atoms with Gasteiger partial charge in [-0.2, -0.15) is 0 Å². The van der Waals surface area contributed by atoms with Crippen LogP contribution in [0.3, 0.4) is 0 Å². The first kappa shape index (κ1) is 14.8. The Morgan fingerprint density at radius 1 is 1.22 bits per heavy atom. The SMILES string of the molecule is O=C([C@H]1CSc2ccccc2O1)N1CCN(c2nccs2)CC1. The summed E-state index contributed by atoms with van der Waals surface area (Å²) in [6.45, 7) is 3.11. The standard InChI is InChI=1S/C16H17N3O2S2/c20-15(13-11-23-14-4-2-1-3-12(14)21-13)18-6-8-19(9-7-18)16-17-5-10-22-16/h1-5,10,13H,6-9,11H2/t13-/m1/s1. The van der Waals surface area contributed by atoms with Gasteiger partial charge in [-0.1, -0.05) is 12.1 Å². The summed E-state index contributed by atoms with van der Waals surface area (Å²) < 4.78 is 5.91. The number of piperazine rings is 1. The normalized spacial score (nSPS) is 20.8. The van der Waals surface area contributed by atoms with Gasteiger partial charge in [0.1, 0.15) is 5.75 Å². The van der Waals surface area contributed by atoms with Gasteiger partial charge in [-0.25, -0.2) is 4.98 Å². The molecule has 0 bridgehead atoms. The van der Waals surface area contributed by atoms with Gasteiger partial charge in [0.2, 0.25) is 0 Å². The van der Waals surface area contributed by atoms with Crippen molar-refractivity contribution < 1.29 is 9.53 Å². The third-order valence-corrected chi connectivity index (χ3v) is 6.02. The van der Waals surface area contributed by atoms with E-state index in [9.17, 15) is 4.79 Å². The maximum absolute atomic E-state index is 12.7. The van der Waals surface area contributed by atoms with Gasteiger partial charge in [0.15, 0.2) is 11.2 Å². The van der Waals surface area contributed by atoms with Gasteiger partial charge in [-0.05, 0) is 12.1 Å². The molecule has 0 aliphatic carbocycles. The topological polar surface area (TPSA) is 45.7 Å². The van der Waals surface area contributed by atoms with E-state index in [1.54, 1.807) is 23.1 Å². The Morgan fingerprint density at radius 3 is 2.83 bits per heavy atom. The number of anilines is 1. The Kier molecular flexibility index (Phi) is 4.13. The van der Waals surface area contributed by atoms with Crippen molar-refractivity contribution in [2.75, 3.05) is 36.8 Å². The molecule has 2 aliphatic heterocycles. The highest BCUT2D eigenvalue weighted by Crippen LogP contribution is 2.35. The minimum absolute atomic E-state index is 0.103. The van der Waals surface area contributed by atoms with E-state index in [2.05, 4.69) is 9.88 Å². The number of thiazole rings is 1. The summed E-state index contributed by atoms with van der Waals surface area (Å²) in [7, 11) is 0. The minimum Gasteiger partial charge on any atom is -0.479 e. The van der Waals surface area contributed by atoms with E-state index in [4.69, 9.17) is 4.74 Å². The van der Waals surface area contributed by atoms with Gasteiger partial charge in [0.05, 0.1) is 0 Å². The molecule has 1 fully saturated rings. The number of thioether (sulfide) groups is 1. The number of ether oxygens (including phenoxy) is 1. The molecule has 23 heavy (non-hydrogen) atoms. The van der Waals surface area contributed by atoms with Gasteiger partial charge in [0.25, 0.3) is 5.91 Å². The molecule has 4 rings (SSSR count). The molecule has 1 saturated heterocycles. The number of hydrogen-bond acceptors (Lipinski definition) is 6. The lowest BCUT2D eigenvalue weighted by atomic mass is 10.2. The minimum atomic E-state index is -0.374. The van der Waals surface area contributed by atoms with Gasteiger partial charge in [0, 0.05) is 48.4 Å². The monoisotopic (exact) mass is 347 g/mol. The van der Waals surface area contributed by atoms with Crippen molar-refractivity contribution in [1.82, 2.24) is 9.88 Å². The highest BCUT2D eigenvalue weighted by Gasteiger charge is 2.32. The number of carbonyl (C=O) groups excluding carboxylic acids is 1. The second-order valence-corrected chi connectivity index (χ2v) is 7.43. The lowest BCUT2D eigenvalue weighted by molar-refractivity contribution is -0.138. The number of rotatable bonds is 2. The number of hydrogen-bond donors (Lipinski definition) is 0. The van der Waals surface area contributed by atoms with Crippen LogP contribution in [-0.4, -0.2) is 53.8 Å². The molecule has 0 spiro atoms.